The number of amides is 2. The number of furan rings is 1. The van der Waals surface area contributed by atoms with Gasteiger partial charge in [-0.1, -0.05) is 0 Å². The molecule has 1 aromatic heterocycles. The van der Waals surface area contributed by atoms with E-state index in [1.54, 1.807) is 18.1 Å². The largest absolute Gasteiger partial charge is 0.469 e. The number of carbonyl (C=O) groups excluding carboxylic acids is 2. The topological polar surface area (TPSA) is 96.9 Å². The van der Waals surface area contributed by atoms with Crippen molar-refractivity contribution in [3.05, 3.63) is 63.1 Å². The summed E-state index contributed by atoms with van der Waals surface area (Å²) in [6.45, 7) is 3.26. The zero-order valence-corrected chi connectivity index (χ0v) is 16.3. The van der Waals surface area contributed by atoms with Gasteiger partial charge in [-0.3, -0.25) is 19.7 Å². The van der Waals surface area contributed by atoms with Gasteiger partial charge in [0.05, 0.1) is 11.2 Å². The molecule has 0 radical (unpaired) electrons. The van der Waals surface area contributed by atoms with Crippen molar-refractivity contribution in [3.8, 4) is 0 Å². The van der Waals surface area contributed by atoms with Crippen LogP contribution in [0.5, 0.6) is 0 Å². The van der Waals surface area contributed by atoms with Crippen LogP contribution >= 0.6 is 0 Å². The third-order valence-electron chi connectivity index (χ3n) is 5.78. The molecule has 1 fully saturated rings. The molecule has 8 nitrogen and oxygen atoms in total. The van der Waals surface area contributed by atoms with Gasteiger partial charge in [-0.15, -0.1) is 0 Å². The Morgan fingerprint density at radius 1 is 1.21 bits per heavy atom. The van der Waals surface area contributed by atoms with Crippen LogP contribution in [0, 0.1) is 17.0 Å². The number of nitro groups is 1. The SMILES string of the molecule is Cc1cc(C(=O)N2CCCC2C(=O)N2CCCc3occc3C2)ccc1[N+](=O)[O-]. The Kier molecular flexibility index (Phi) is 5.08. The predicted molar refractivity (Wildman–Crippen MR) is 104 cm³/mol. The van der Waals surface area contributed by atoms with Crippen molar-refractivity contribution in [2.24, 2.45) is 0 Å². The average Bonchev–Trinajstić information content (AvgIpc) is 3.31. The van der Waals surface area contributed by atoms with Gasteiger partial charge in [0.25, 0.3) is 11.6 Å². The van der Waals surface area contributed by atoms with Gasteiger partial charge >= 0.3 is 0 Å². The summed E-state index contributed by atoms with van der Waals surface area (Å²) < 4.78 is 5.49. The van der Waals surface area contributed by atoms with Gasteiger partial charge in [-0.2, -0.15) is 0 Å². The fraction of sp³-hybridized carbons (Fsp3) is 0.429. The summed E-state index contributed by atoms with van der Waals surface area (Å²) in [6.07, 6.45) is 4.68. The molecule has 3 heterocycles. The Morgan fingerprint density at radius 3 is 2.79 bits per heavy atom. The molecule has 2 aliphatic heterocycles. The molecule has 4 rings (SSSR count). The lowest BCUT2D eigenvalue weighted by Gasteiger charge is -2.29. The minimum absolute atomic E-state index is 0.0175. The summed E-state index contributed by atoms with van der Waals surface area (Å²) in [4.78, 5) is 40.3. The summed E-state index contributed by atoms with van der Waals surface area (Å²) in [5, 5.41) is 11.0. The Balaban J connectivity index is 1.53. The molecule has 0 N–H and O–H groups in total. The van der Waals surface area contributed by atoms with Crippen LogP contribution < -0.4 is 0 Å². The molecule has 2 amide bonds. The van der Waals surface area contributed by atoms with Gasteiger partial charge in [0.15, 0.2) is 0 Å². The van der Waals surface area contributed by atoms with E-state index in [-0.39, 0.29) is 17.5 Å². The van der Waals surface area contributed by atoms with Gasteiger partial charge in [0.1, 0.15) is 11.8 Å². The average molecular weight is 397 g/mol. The number of nitro benzene ring substituents is 1. The molecule has 1 atom stereocenters. The summed E-state index contributed by atoms with van der Waals surface area (Å²) in [5.74, 6) is 0.641. The number of nitrogens with zero attached hydrogens (tertiary/aromatic N) is 3. The van der Waals surface area contributed by atoms with Crippen molar-refractivity contribution >= 4 is 17.5 Å². The van der Waals surface area contributed by atoms with Crippen LogP contribution in [-0.2, 0) is 17.8 Å². The van der Waals surface area contributed by atoms with Crippen molar-refractivity contribution in [1.82, 2.24) is 9.80 Å². The molecule has 152 valence electrons. The molecule has 1 unspecified atom stereocenters. The van der Waals surface area contributed by atoms with Crippen LogP contribution in [0.25, 0.3) is 0 Å². The minimum atomic E-state index is -0.494. The van der Waals surface area contributed by atoms with Crippen LogP contribution in [0.15, 0.2) is 34.9 Å². The first-order valence-corrected chi connectivity index (χ1v) is 9.85. The summed E-state index contributed by atoms with van der Waals surface area (Å²) >= 11 is 0. The number of aryl methyl sites for hydroxylation is 2. The van der Waals surface area contributed by atoms with Gasteiger partial charge in [-0.25, -0.2) is 0 Å². The highest BCUT2D eigenvalue weighted by molar-refractivity contribution is 5.98. The third-order valence-corrected chi connectivity index (χ3v) is 5.78. The molecule has 1 saturated heterocycles. The molecule has 1 aromatic carbocycles. The fourth-order valence-electron chi connectivity index (χ4n) is 4.27. The molecule has 29 heavy (non-hydrogen) atoms. The van der Waals surface area contributed by atoms with Crippen molar-refractivity contribution in [2.75, 3.05) is 13.1 Å². The summed E-state index contributed by atoms with van der Waals surface area (Å²) in [5.41, 5.74) is 1.82. The van der Waals surface area contributed by atoms with Crippen molar-refractivity contribution in [2.45, 2.75) is 45.2 Å². The van der Waals surface area contributed by atoms with E-state index in [0.717, 1.165) is 30.6 Å². The van der Waals surface area contributed by atoms with Crippen molar-refractivity contribution in [3.63, 3.8) is 0 Å². The second-order valence-corrected chi connectivity index (χ2v) is 7.65. The maximum atomic E-state index is 13.3. The highest BCUT2D eigenvalue weighted by atomic mass is 16.6. The Labute approximate surface area is 168 Å². The molecule has 2 aliphatic rings. The smallest absolute Gasteiger partial charge is 0.272 e. The van der Waals surface area contributed by atoms with Crippen LogP contribution in [0.4, 0.5) is 5.69 Å². The van der Waals surface area contributed by atoms with Gasteiger partial charge in [-0.05, 0) is 44.4 Å². The number of benzene rings is 1. The normalized spacial score (nSPS) is 19.0. The zero-order chi connectivity index (χ0) is 20.5. The van der Waals surface area contributed by atoms with E-state index < -0.39 is 11.0 Å². The molecular formula is C21H23N3O5. The van der Waals surface area contributed by atoms with Crippen LogP contribution in [0.2, 0.25) is 0 Å². The maximum Gasteiger partial charge on any atom is 0.272 e. The fourth-order valence-corrected chi connectivity index (χ4v) is 4.27. The highest BCUT2D eigenvalue weighted by Crippen LogP contribution is 2.27. The minimum Gasteiger partial charge on any atom is -0.469 e. The van der Waals surface area contributed by atoms with Gasteiger partial charge < -0.3 is 14.2 Å². The zero-order valence-electron chi connectivity index (χ0n) is 16.3. The lowest BCUT2D eigenvalue weighted by atomic mass is 10.1. The molecule has 0 saturated carbocycles. The van der Waals surface area contributed by atoms with Crippen LogP contribution in [0.3, 0.4) is 0 Å². The first-order valence-electron chi connectivity index (χ1n) is 9.85. The first kappa shape index (κ1) is 19.2. The van der Waals surface area contributed by atoms with Crippen LogP contribution in [-0.4, -0.2) is 45.7 Å². The van der Waals surface area contributed by atoms with Gasteiger partial charge in [0.2, 0.25) is 5.91 Å². The molecule has 0 aliphatic carbocycles. The third kappa shape index (κ3) is 3.62. The molecule has 2 aromatic rings. The predicted octanol–water partition coefficient (Wildman–Crippen LogP) is 3.08. The molecule has 0 spiro atoms. The number of rotatable bonds is 3. The number of carbonyl (C=O) groups is 2. The van der Waals surface area contributed by atoms with E-state index in [0.29, 0.717) is 37.2 Å². The quantitative estimate of drug-likeness (QED) is 0.586. The Bertz CT molecular complexity index is 967. The van der Waals surface area contributed by atoms with Crippen molar-refractivity contribution in [1.29, 1.82) is 0 Å². The number of hydrogen-bond acceptors (Lipinski definition) is 5. The molecule has 8 heteroatoms. The Morgan fingerprint density at radius 2 is 2.03 bits per heavy atom. The van der Waals surface area contributed by atoms with E-state index >= 15 is 0 Å². The van der Waals surface area contributed by atoms with E-state index in [4.69, 9.17) is 4.42 Å². The second-order valence-electron chi connectivity index (χ2n) is 7.65. The summed E-state index contributed by atoms with van der Waals surface area (Å²) in [7, 11) is 0. The van der Waals surface area contributed by atoms with Crippen molar-refractivity contribution < 1.29 is 18.9 Å². The standard InChI is InChI=1S/C21H23N3O5/c1-14-12-15(6-7-17(14)24(27)28)20(25)23-10-2-4-18(23)21(26)22-9-3-5-19-16(13-22)8-11-29-19/h6-8,11-12,18H,2-5,9-10,13H2,1H3. The second kappa shape index (κ2) is 7.69. The lowest BCUT2D eigenvalue weighted by molar-refractivity contribution is -0.385. The first-order chi connectivity index (χ1) is 14.0. The number of fused-ring (bicyclic) bond motifs is 1. The van der Waals surface area contributed by atoms with E-state index in [2.05, 4.69) is 0 Å². The summed E-state index contributed by atoms with van der Waals surface area (Å²) in [6, 6.07) is 5.76. The monoisotopic (exact) mass is 397 g/mol. The number of hydrogen-bond donors (Lipinski definition) is 0. The lowest BCUT2D eigenvalue weighted by Crippen LogP contribution is -2.47. The highest BCUT2D eigenvalue weighted by Gasteiger charge is 2.37. The van der Waals surface area contributed by atoms with Crippen LogP contribution in [0.1, 0.15) is 46.5 Å². The van der Waals surface area contributed by atoms with Gasteiger partial charge in [0, 0.05) is 48.8 Å². The van der Waals surface area contributed by atoms with E-state index in [1.807, 2.05) is 11.0 Å². The molecular weight excluding hydrogens is 374 g/mol. The number of likely N-dealkylation sites (tertiary alicyclic amines) is 1. The van der Waals surface area contributed by atoms with E-state index in [9.17, 15) is 19.7 Å². The van der Waals surface area contributed by atoms with E-state index in [1.165, 1.54) is 18.2 Å². The molecule has 0 bridgehead atoms. The Hall–Kier alpha value is -3.16. The maximum absolute atomic E-state index is 13.3.